The molecule has 5 heteroatoms. The standard InChI is InChI=1S/C14H25N3O2/c1-3-15-13(19)17-10-8-16(9-11-17)12(18)14(2)6-4-5-7-14/h3-11H2,1-2H3,(H,15,19). The molecule has 0 aromatic carbocycles. The van der Waals surface area contributed by atoms with E-state index in [2.05, 4.69) is 12.2 Å². The molecule has 2 rings (SSSR count). The van der Waals surface area contributed by atoms with E-state index >= 15 is 0 Å². The Morgan fingerprint density at radius 3 is 2.11 bits per heavy atom. The highest BCUT2D eigenvalue weighted by Gasteiger charge is 2.40. The number of amides is 3. The quantitative estimate of drug-likeness (QED) is 0.823. The van der Waals surface area contributed by atoms with Gasteiger partial charge in [0, 0.05) is 38.1 Å². The van der Waals surface area contributed by atoms with Crippen molar-refractivity contribution in [3.8, 4) is 0 Å². The molecule has 1 saturated carbocycles. The number of carbonyl (C=O) groups is 2. The third kappa shape index (κ3) is 3.01. The van der Waals surface area contributed by atoms with Gasteiger partial charge >= 0.3 is 6.03 Å². The van der Waals surface area contributed by atoms with Crippen LogP contribution >= 0.6 is 0 Å². The van der Waals surface area contributed by atoms with E-state index in [0.29, 0.717) is 38.6 Å². The molecular weight excluding hydrogens is 242 g/mol. The van der Waals surface area contributed by atoms with Crippen molar-refractivity contribution in [2.45, 2.75) is 39.5 Å². The Labute approximate surface area is 115 Å². The van der Waals surface area contributed by atoms with Crippen LogP contribution in [-0.4, -0.2) is 54.5 Å². The first-order valence-corrected chi connectivity index (χ1v) is 7.39. The van der Waals surface area contributed by atoms with Gasteiger partial charge in [-0.25, -0.2) is 4.79 Å². The van der Waals surface area contributed by atoms with Crippen LogP contribution in [0.5, 0.6) is 0 Å². The van der Waals surface area contributed by atoms with Gasteiger partial charge in [0.15, 0.2) is 0 Å². The Kier molecular flexibility index (Phi) is 4.32. The van der Waals surface area contributed by atoms with Gasteiger partial charge in [-0.05, 0) is 19.8 Å². The molecule has 2 fully saturated rings. The largest absolute Gasteiger partial charge is 0.339 e. The van der Waals surface area contributed by atoms with Gasteiger partial charge in [-0.2, -0.15) is 0 Å². The van der Waals surface area contributed by atoms with Crippen molar-refractivity contribution in [1.29, 1.82) is 0 Å². The first-order valence-electron chi connectivity index (χ1n) is 7.39. The van der Waals surface area contributed by atoms with Crippen LogP contribution in [0.2, 0.25) is 0 Å². The predicted molar refractivity (Wildman–Crippen MR) is 73.8 cm³/mol. The van der Waals surface area contributed by atoms with Crippen LogP contribution in [0, 0.1) is 5.41 Å². The van der Waals surface area contributed by atoms with E-state index in [0.717, 1.165) is 12.8 Å². The second kappa shape index (κ2) is 5.80. The summed E-state index contributed by atoms with van der Waals surface area (Å²) < 4.78 is 0. The van der Waals surface area contributed by atoms with Gasteiger partial charge in [-0.3, -0.25) is 4.79 Å². The normalized spacial score (nSPS) is 22.4. The van der Waals surface area contributed by atoms with Gasteiger partial charge in [-0.15, -0.1) is 0 Å². The second-order valence-corrected chi connectivity index (χ2v) is 5.88. The number of carbonyl (C=O) groups excluding carboxylic acids is 2. The van der Waals surface area contributed by atoms with E-state index in [1.54, 1.807) is 4.90 Å². The SMILES string of the molecule is CCNC(=O)N1CCN(C(=O)C2(C)CCCC2)CC1. The Morgan fingerprint density at radius 1 is 1.05 bits per heavy atom. The van der Waals surface area contributed by atoms with Gasteiger partial charge in [0.2, 0.25) is 5.91 Å². The Hall–Kier alpha value is -1.26. The number of urea groups is 1. The molecule has 1 aliphatic carbocycles. The highest BCUT2D eigenvalue weighted by molar-refractivity contribution is 5.83. The summed E-state index contributed by atoms with van der Waals surface area (Å²) in [4.78, 5) is 28.0. The molecule has 0 radical (unpaired) electrons. The fraction of sp³-hybridized carbons (Fsp3) is 0.857. The maximum Gasteiger partial charge on any atom is 0.317 e. The third-order valence-corrected chi connectivity index (χ3v) is 4.41. The lowest BCUT2D eigenvalue weighted by atomic mass is 9.87. The van der Waals surface area contributed by atoms with E-state index < -0.39 is 0 Å². The van der Waals surface area contributed by atoms with Gasteiger partial charge in [0.1, 0.15) is 0 Å². The van der Waals surface area contributed by atoms with E-state index in [-0.39, 0.29) is 11.4 Å². The Morgan fingerprint density at radius 2 is 1.58 bits per heavy atom. The van der Waals surface area contributed by atoms with Gasteiger partial charge < -0.3 is 15.1 Å². The molecule has 108 valence electrons. The summed E-state index contributed by atoms with van der Waals surface area (Å²) in [5.41, 5.74) is -0.145. The van der Waals surface area contributed by atoms with E-state index in [1.807, 2.05) is 11.8 Å². The fourth-order valence-electron chi connectivity index (χ4n) is 3.13. The topological polar surface area (TPSA) is 52.7 Å². The van der Waals surface area contributed by atoms with Crippen LogP contribution in [-0.2, 0) is 4.79 Å². The average Bonchev–Trinajstić information content (AvgIpc) is 2.86. The van der Waals surface area contributed by atoms with E-state index in [4.69, 9.17) is 0 Å². The van der Waals surface area contributed by atoms with Gasteiger partial charge in [0.25, 0.3) is 0 Å². The average molecular weight is 267 g/mol. The predicted octanol–water partition coefficient (Wildman–Crippen LogP) is 1.44. The smallest absolute Gasteiger partial charge is 0.317 e. The number of piperazine rings is 1. The summed E-state index contributed by atoms with van der Waals surface area (Å²) in [7, 11) is 0. The van der Waals surface area contributed by atoms with Crippen LogP contribution in [0.4, 0.5) is 4.79 Å². The van der Waals surface area contributed by atoms with Crippen LogP contribution in [0.1, 0.15) is 39.5 Å². The summed E-state index contributed by atoms with van der Waals surface area (Å²) in [6, 6.07) is -0.0123. The highest BCUT2D eigenvalue weighted by atomic mass is 16.2. The van der Waals surface area contributed by atoms with Crippen molar-refractivity contribution >= 4 is 11.9 Å². The molecule has 5 nitrogen and oxygen atoms in total. The molecule has 0 atom stereocenters. The number of hydrogen-bond acceptors (Lipinski definition) is 2. The van der Waals surface area contributed by atoms with Crippen LogP contribution in [0.3, 0.4) is 0 Å². The maximum atomic E-state index is 12.5. The summed E-state index contributed by atoms with van der Waals surface area (Å²) in [6.07, 6.45) is 4.37. The molecule has 1 N–H and O–H groups in total. The summed E-state index contributed by atoms with van der Waals surface area (Å²) in [6.45, 7) is 7.30. The number of hydrogen-bond donors (Lipinski definition) is 1. The lowest BCUT2D eigenvalue weighted by Gasteiger charge is -2.38. The first kappa shape index (κ1) is 14.2. The monoisotopic (exact) mass is 267 g/mol. The van der Waals surface area contributed by atoms with Crippen LogP contribution in [0.25, 0.3) is 0 Å². The lowest BCUT2D eigenvalue weighted by molar-refractivity contribution is -0.142. The molecule has 1 heterocycles. The molecule has 0 aromatic rings. The van der Waals surface area contributed by atoms with Gasteiger partial charge in [-0.1, -0.05) is 19.8 Å². The zero-order chi connectivity index (χ0) is 13.9. The van der Waals surface area contributed by atoms with E-state index in [9.17, 15) is 9.59 Å². The molecule has 0 spiro atoms. The lowest BCUT2D eigenvalue weighted by Crippen LogP contribution is -2.55. The second-order valence-electron chi connectivity index (χ2n) is 5.88. The molecule has 19 heavy (non-hydrogen) atoms. The van der Waals surface area contributed by atoms with Crippen LogP contribution in [0.15, 0.2) is 0 Å². The molecular formula is C14H25N3O2. The Balaban J connectivity index is 1.86. The highest BCUT2D eigenvalue weighted by Crippen LogP contribution is 2.39. The van der Waals surface area contributed by atoms with Crippen molar-refractivity contribution in [2.24, 2.45) is 5.41 Å². The molecule has 1 aliphatic heterocycles. The summed E-state index contributed by atoms with van der Waals surface area (Å²) in [5.74, 6) is 0.292. The van der Waals surface area contributed by atoms with Crippen molar-refractivity contribution in [3.63, 3.8) is 0 Å². The molecule has 2 aliphatic rings. The van der Waals surface area contributed by atoms with Crippen molar-refractivity contribution < 1.29 is 9.59 Å². The maximum absolute atomic E-state index is 12.5. The van der Waals surface area contributed by atoms with Crippen molar-refractivity contribution in [1.82, 2.24) is 15.1 Å². The minimum absolute atomic E-state index is 0.0123. The molecule has 0 bridgehead atoms. The Bertz CT molecular complexity index is 343. The number of nitrogens with zero attached hydrogens (tertiary/aromatic N) is 2. The van der Waals surface area contributed by atoms with Crippen molar-refractivity contribution in [3.05, 3.63) is 0 Å². The molecule has 0 unspecified atom stereocenters. The third-order valence-electron chi connectivity index (χ3n) is 4.41. The van der Waals surface area contributed by atoms with Crippen molar-refractivity contribution in [2.75, 3.05) is 32.7 Å². The number of rotatable bonds is 2. The van der Waals surface area contributed by atoms with Gasteiger partial charge in [0.05, 0.1) is 0 Å². The molecule has 1 saturated heterocycles. The van der Waals surface area contributed by atoms with Crippen LogP contribution < -0.4 is 5.32 Å². The first-order chi connectivity index (χ1) is 9.07. The van der Waals surface area contributed by atoms with E-state index in [1.165, 1.54) is 12.8 Å². The number of nitrogens with one attached hydrogen (secondary N) is 1. The zero-order valence-electron chi connectivity index (χ0n) is 12.1. The zero-order valence-corrected chi connectivity index (χ0v) is 12.1. The summed E-state index contributed by atoms with van der Waals surface area (Å²) in [5, 5.41) is 2.81. The summed E-state index contributed by atoms with van der Waals surface area (Å²) >= 11 is 0. The minimum Gasteiger partial charge on any atom is -0.339 e. The molecule has 3 amide bonds. The molecule has 0 aromatic heterocycles. The minimum atomic E-state index is -0.145. The fourth-order valence-corrected chi connectivity index (χ4v) is 3.13.